The first kappa shape index (κ1) is 20.1. The van der Waals surface area contributed by atoms with E-state index in [1.54, 1.807) is 4.90 Å². The van der Waals surface area contributed by atoms with Crippen LogP contribution in [0.5, 0.6) is 11.5 Å². The van der Waals surface area contributed by atoms with Crippen molar-refractivity contribution < 1.29 is 14.3 Å². The molecule has 1 heterocycles. The Morgan fingerprint density at radius 1 is 1.19 bits per heavy atom. The lowest BCUT2D eigenvalue weighted by atomic mass is 9.94. The molecule has 1 aliphatic carbocycles. The Bertz CT molecular complexity index is 760. The van der Waals surface area contributed by atoms with Crippen LogP contribution in [0.3, 0.4) is 0 Å². The number of hydrogen-bond acceptors (Lipinski definition) is 4. The molecule has 1 N–H and O–H groups in total. The number of thiocarbonyl (C=S) groups is 1. The average Bonchev–Trinajstić information content (AvgIpc) is 2.93. The molecule has 1 saturated heterocycles. The highest BCUT2D eigenvalue weighted by Crippen LogP contribution is 2.35. The van der Waals surface area contributed by atoms with Crippen LogP contribution >= 0.6 is 28.1 Å². The Morgan fingerprint density at radius 2 is 1.81 bits per heavy atom. The molecule has 1 aromatic carbocycles. The van der Waals surface area contributed by atoms with Gasteiger partial charge in [0.1, 0.15) is 5.70 Å². The van der Waals surface area contributed by atoms with Gasteiger partial charge >= 0.3 is 0 Å². The summed E-state index contributed by atoms with van der Waals surface area (Å²) in [5, 5.41) is 3.60. The van der Waals surface area contributed by atoms with Crippen LogP contribution < -0.4 is 14.8 Å². The fourth-order valence-corrected chi connectivity index (χ4v) is 4.35. The van der Waals surface area contributed by atoms with Crippen LogP contribution in [0.2, 0.25) is 0 Å². The van der Waals surface area contributed by atoms with Gasteiger partial charge < -0.3 is 14.8 Å². The number of nitrogens with one attached hydrogen (secondary N) is 1. The van der Waals surface area contributed by atoms with Crippen molar-refractivity contribution in [2.24, 2.45) is 0 Å². The summed E-state index contributed by atoms with van der Waals surface area (Å²) in [4.78, 5) is 14.7. The Hall–Kier alpha value is -1.60. The lowest BCUT2D eigenvalue weighted by Crippen LogP contribution is -2.41. The summed E-state index contributed by atoms with van der Waals surface area (Å²) < 4.78 is 12.2. The van der Waals surface area contributed by atoms with Crippen LogP contribution in [0.4, 0.5) is 0 Å². The summed E-state index contributed by atoms with van der Waals surface area (Å²) in [6, 6.07) is 3.96. The number of carbonyl (C=O) groups is 1. The molecule has 1 aliphatic heterocycles. The molecular formula is C20H25BrN2O3S. The van der Waals surface area contributed by atoms with Gasteiger partial charge in [0, 0.05) is 10.5 Å². The number of rotatable bonds is 6. The van der Waals surface area contributed by atoms with Gasteiger partial charge in [-0.05, 0) is 62.7 Å². The number of halogens is 1. The monoisotopic (exact) mass is 452 g/mol. The van der Waals surface area contributed by atoms with Gasteiger partial charge in [0.2, 0.25) is 0 Å². The molecule has 1 saturated carbocycles. The SMILES string of the molecule is CCOc1cc(Br)c(/C=C2\NC(=S)N(C3CCCCC3)C2=O)cc1OCC. The maximum Gasteiger partial charge on any atom is 0.276 e. The Labute approximate surface area is 174 Å². The van der Waals surface area contributed by atoms with Gasteiger partial charge in [-0.2, -0.15) is 0 Å². The highest BCUT2D eigenvalue weighted by molar-refractivity contribution is 9.10. The van der Waals surface area contributed by atoms with Gasteiger partial charge in [0.15, 0.2) is 16.6 Å². The van der Waals surface area contributed by atoms with Crippen molar-refractivity contribution in [2.45, 2.75) is 52.0 Å². The largest absolute Gasteiger partial charge is 0.490 e. The second kappa shape index (κ2) is 9.06. The minimum atomic E-state index is -0.0503. The minimum absolute atomic E-state index is 0.0503. The van der Waals surface area contributed by atoms with Crippen molar-refractivity contribution in [3.05, 3.63) is 27.9 Å². The van der Waals surface area contributed by atoms with E-state index in [1.807, 2.05) is 32.1 Å². The molecule has 0 aromatic heterocycles. The van der Waals surface area contributed by atoms with E-state index in [-0.39, 0.29) is 11.9 Å². The normalized spacial score (nSPS) is 19.5. The lowest BCUT2D eigenvalue weighted by molar-refractivity contribution is -0.124. The maximum atomic E-state index is 12.9. The highest BCUT2D eigenvalue weighted by atomic mass is 79.9. The third-order valence-corrected chi connectivity index (χ3v) is 5.80. The van der Waals surface area contributed by atoms with Crippen molar-refractivity contribution in [1.29, 1.82) is 0 Å². The second-order valence-electron chi connectivity index (χ2n) is 6.64. The van der Waals surface area contributed by atoms with Crippen LogP contribution in [-0.2, 0) is 4.79 Å². The fraction of sp³-hybridized carbons (Fsp3) is 0.500. The molecule has 27 heavy (non-hydrogen) atoms. The third kappa shape index (κ3) is 4.46. The van der Waals surface area contributed by atoms with Gasteiger partial charge in [0.25, 0.3) is 5.91 Å². The Kier molecular flexibility index (Phi) is 6.76. The second-order valence-corrected chi connectivity index (χ2v) is 7.88. The summed E-state index contributed by atoms with van der Waals surface area (Å²) in [6.45, 7) is 4.95. The van der Waals surface area contributed by atoms with Crippen LogP contribution in [0.1, 0.15) is 51.5 Å². The van der Waals surface area contributed by atoms with Gasteiger partial charge in [-0.15, -0.1) is 0 Å². The number of nitrogens with zero attached hydrogens (tertiary/aromatic N) is 1. The Morgan fingerprint density at radius 3 is 2.44 bits per heavy atom. The number of ether oxygens (including phenoxy) is 2. The highest BCUT2D eigenvalue weighted by Gasteiger charge is 2.36. The number of carbonyl (C=O) groups excluding carboxylic acids is 1. The summed E-state index contributed by atoms with van der Waals surface area (Å²) in [7, 11) is 0. The predicted molar refractivity (Wildman–Crippen MR) is 114 cm³/mol. The first-order valence-corrected chi connectivity index (χ1v) is 10.7. The third-order valence-electron chi connectivity index (χ3n) is 4.81. The zero-order valence-corrected chi connectivity index (χ0v) is 18.1. The average molecular weight is 453 g/mol. The summed E-state index contributed by atoms with van der Waals surface area (Å²) in [5.41, 5.74) is 1.34. The van der Waals surface area contributed by atoms with Crippen LogP contribution in [0.15, 0.2) is 22.3 Å². The minimum Gasteiger partial charge on any atom is -0.490 e. The molecule has 1 amide bonds. The zero-order chi connectivity index (χ0) is 19.4. The summed E-state index contributed by atoms with van der Waals surface area (Å²) in [5.74, 6) is 1.29. The molecular weight excluding hydrogens is 428 g/mol. The number of hydrogen-bond donors (Lipinski definition) is 1. The van der Waals surface area contributed by atoms with E-state index in [1.165, 1.54) is 6.42 Å². The van der Waals surface area contributed by atoms with Crippen molar-refractivity contribution in [2.75, 3.05) is 13.2 Å². The smallest absolute Gasteiger partial charge is 0.276 e. The molecule has 2 fully saturated rings. The van der Waals surface area contributed by atoms with E-state index in [4.69, 9.17) is 21.7 Å². The topological polar surface area (TPSA) is 50.8 Å². The van der Waals surface area contributed by atoms with Crippen molar-refractivity contribution in [1.82, 2.24) is 10.2 Å². The van der Waals surface area contributed by atoms with Crippen LogP contribution in [0.25, 0.3) is 6.08 Å². The van der Waals surface area contributed by atoms with Gasteiger partial charge in [-0.1, -0.05) is 35.2 Å². The zero-order valence-electron chi connectivity index (χ0n) is 15.7. The molecule has 0 atom stereocenters. The lowest BCUT2D eigenvalue weighted by Gasteiger charge is -2.29. The van der Waals surface area contributed by atoms with Crippen molar-refractivity contribution in [3.63, 3.8) is 0 Å². The summed E-state index contributed by atoms with van der Waals surface area (Å²) >= 11 is 9.01. The van der Waals surface area contributed by atoms with E-state index in [9.17, 15) is 4.79 Å². The molecule has 3 rings (SSSR count). The summed E-state index contributed by atoms with van der Waals surface area (Å²) in [6.07, 6.45) is 7.39. The van der Waals surface area contributed by atoms with Crippen LogP contribution in [-0.4, -0.2) is 35.2 Å². The number of benzene rings is 1. The molecule has 7 heteroatoms. The molecule has 0 spiro atoms. The van der Waals surface area contributed by atoms with E-state index in [0.717, 1.165) is 35.7 Å². The predicted octanol–water partition coefficient (Wildman–Crippen LogP) is 4.64. The van der Waals surface area contributed by atoms with Crippen LogP contribution in [0, 0.1) is 0 Å². The first-order chi connectivity index (χ1) is 13.0. The maximum absolute atomic E-state index is 12.9. The first-order valence-electron chi connectivity index (χ1n) is 9.50. The van der Waals surface area contributed by atoms with Gasteiger partial charge in [-0.3, -0.25) is 9.69 Å². The van der Waals surface area contributed by atoms with E-state index in [2.05, 4.69) is 21.2 Å². The van der Waals surface area contributed by atoms with Gasteiger partial charge in [-0.25, -0.2) is 0 Å². The fourth-order valence-electron chi connectivity index (χ4n) is 3.57. The van der Waals surface area contributed by atoms with Gasteiger partial charge in [0.05, 0.1) is 13.2 Å². The molecule has 0 unspecified atom stereocenters. The Balaban J connectivity index is 1.88. The standard InChI is InChI=1S/C20H25BrN2O3S/c1-3-25-17-11-13(15(21)12-18(17)26-4-2)10-16-19(24)23(20(27)22-16)14-8-6-5-7-9-14/h10-12,14H,3-9H2,1-2H3,(H,22,27)/b16-10-. The molecule has 5 nitrogen and oxygen atoms in total. The van der Waals surface area contributed by atoms with E-state index in [0.29, 0.717) is 35.5 Å². The molecule has 1 aromatic rings. The van der Waals surface area contributed by atoms with E-state index >= 15 is 0 Å². The van der Waals surface area contributed by atoms with Crippen molar-refractivity contribution >= 4 is 45.2 Å². The van der Waals surface area contributed by atoms with E-state index < -0.39 is 0 Å². The van der Waals surface area contributed by atoms with Crippen molar-refractivity contribution in [3.8, 4) is 11.5 Å². The molecule has 146 valence electrons. The molecule has 0 radical (unpaired) electrons. The number of amides is 1. The molecule has 0 bridgehead atoms. The quantitative estimate of drug-likeness (QED) is 0.503. The molecule has 2 aliphatic rings.